The van der Waals surface area contributed by atoms with Crippen LogP contribution < -0.4 is 10.6 Å². The number of anilines is 1. The fourth-order valence-corrected chi connectivity index (χ4v) is 3.96. The largest absolute Gasteiger partial charge is 0.322 e. The predicted molar refractivity (Wildman–Crippen MR) is 89.0 cm³/mol. The van der Waals surface area contributed by atoms with E-state index in [4.69, 9.17) is 0 Å². The third kappa shape index (κ3) is 3.69. The Labute approximate surface area is 137 Å². The lowest BCUT2D eigenvalue weighted by Crippen LogP contribution is -2.55. The van der Waals surface area contributed by atoms with E-state index in [1.807, 2.05) is 20.8 Å². The molecule has 0 saturated carbocycles. The van der Waals surface area contributed by atoms with Gasteiger partial charge in [-0.05, 0) is 25.9 Å². The van der Waals surface area contributed by atoms with E-state index in [2.05, 4.69) is 20.6 Å². The molecule has 1 aromatic rings. The highest BCUT2D eigenvalue weighted by atomic mass is 32.2. The SMILES string of the molecule is CC(C)(C)c1ncc(NC(=O)C2(S(C)(=O)=O)CCNCC2)cn1. The molecule has 23 heavy (non-hydrogen) atoms. The van der Waals surface area contributed by atoms with E-state index in [0.29, 0.717) is 24.6 Å². The summed E-state index contributed by atoms with van der Waals surface area (Å²) in [4.78, 5) is 21.1. The molecule has 1 aliphatic heterocycles. The van der Waals surface area contributed by atoms with Crippen molar-refractivity contribution < 1.29 is 13.2 Å². The van der Waals surface area contributed by atoms with E-state index in [1.165, 1.54) is 12.4 Å². The molecule has 2 heterocycles. The number of hydrogen-bond acceptors (Lipinski definition) is 6. The first-order valence-corrected chi connectivity index (χ1v) is 9.50. The van der Waals surface area contributed by atoms with Crippen molar-refractivity contribution in [2.45, 2.75) is 43.8 Å². The highest BCUT2D eigenvalue weighted by Crippen LogP contribution is 2.29. The van der Waals surface area contributed by atoms with Gasteiger partial charge in [0.25, 0.3) is 0 Å². The second kappa shape index (κ2) is 6.16. The summed E-state index contributed by atoms with van der Waals surface area (Å²) < 4.78 is 23.0. The van der Waals surface area contributed by atoms with Crippen molar-refractivity contribution in [3.63, 3.8) is 0 Å². The van der Waals surface area contributed by atoms with Crippen LogP contribution >= 0.6 is 0 Å². The molecule has 1 aliphatic rings. The van der Waals surface area contributed by atoms with Gasteiger partial charge in [0.2, 0.25) is 5.91 Å². The summed E-state index contributed by atoms with van der Waals surface area (Å²) in [5.41, 5.74) is 0.218. The van der Waals surface area contributed by atoms with Crippen molar-refractivity contribution in [2.75, 3.05) is 24.7 Å². The fourth-order valence-electron chi connectivity index (χ4n) is 2.62. The maximum absolute atomic E-state index is 12.6. The van der Waals surface area contributed by atoms with Crippen molar-refractivity contribution in [2.24, 2.45) is 0 Å². The Balaban J connectivity index is 2.23. The molecule has 8 heteroatoms. The molecule has 0 unspecified atom stereocenters. The van der Waals surface area contributed by atoms with Gasteiger partial charge in [-0.25, -0.2) is 18.4 Å². The molecular formula is C15H24N4O3S. The normalized spacial score (nSPS) is 18.4. The average Bonchev–Trinajstić information content (AvgIpc) is 2.46. The fraction of sp³-hybridized carbons (Fsp3) is 0.667. The summed E-state index contributed by atoms with van der Waals surface area (Å²) in [6.07, 6.45) is 4.68. The summed E-state index contributed by atoms with van der Waals surface area (Å²) in [5.74, 6) is 0.156. The van der Waals surface area contributed by atoms with Gasteiger partial charge in [-0.1, -0.05) is 20.8 Å². The summed E-state index contributed by atoms with van der Waals surface area (Å²) >= 11 is 0. The number of nitrogens with zero attached hydrogens (tertiary/aromatic N) is 2. The summed E-state index contributed by atoms with van der Waals surface area (Å²) in [7, 11) is -3.53. The molecule has 128 valence electrons. The minimum absolute atomic E-state index is 0.189. The van der Waals surface area contributed by atoms with Crippen molar-refractivity contribution in [1.29, 1.82) is 0 Å². The lowest BCUT2D eigenvalue weighted by molar-refractivity contribution is -0.119. The Bertz CT molecular complexity index is 672. The van der Waals surface area contributed by atoms with Crippen molar-refractivity contribution in [1.82, 2.24) is 15.3 Å². The Morgan fingerprint density at radius 3 is 2.17 bits per heavy atom. The van der Waals surface area contributed by atoms with Gasteiger partial charge in [0.05, 0.1) is 18.1 Å². The van der Waals surface area contributed by atoms with Crippen molar-refractivity contribution >= 4 is 21.4 Å². The van der Waals surface area contributed by atoms with E-state index < -0.39 is 20.5 Å². The molecule has 2 rings (SSSR count). The summed E-state index contributed by atoms with van der Waals surface area (Å²) in [6, 6.07) is 0. The number of carbonyl (C=O) groups excluding carboxylic acids is 1. The Hall–Kier alpha value is -1.54. The second-order valence-electron chi connectivity index (χ2n) is 7.02. The zero-order valence-corrected chi connectivity index (χ0v) is 14.8. The molecule has 1 fully saturated rings. The van der Waals surface area contributed by atoms with Crippen LogP contribution in [0.15, 0.2) is 12.4 Å². The van der Waals surface area contributed by atoms with Crippen molar-refractivity contribution in [3.05, 3.63) is 18.2 Å². The quantitative estimate of drug-likeness (QED) is 0.847. The van der Waals surface area contributed by atoms with Crippen LogP contribution in [0.25, 0.3) is 0 Å². The molecular weight excluding hydrogens is 316 g/mol. The van der Waals surface area contributed by atoms with Crippen LogP contribution in [-0.2, 0) is 20.0 Å². The minimum atomic E-state index is -3.53. The van der Waals surface area contributed by atoms with E-state index in [9.17, 15) is 13.2 Å². The van der Waals surface area contributed by atoms with Gasteiger partial charge in [0, 0.05) is 11.7 Å². The lowest BCUT2D eigenvalue weighted by Gasteiger charge is -2.34. The number of carbonyl (C=O) groups is 1. The van der Waals surface area contributed by atoms with E-state index in [1.54, 1.807) is 0 Å². The molecule has 0 atom stereocenters. The van der Waals surface area contributed by atoms with Crippen LogP contribution in [0.1, 0.15) is 39.4 Å². The highest BCUT2D eigenvalue weighted by molar-refractivity contribution is 7.92. The van der Waals surface area contributed by atoms with Gasteiger partial charge in [-0.15, -0.1) is 0 Å². The summed E-state index contributed by atoms with van der Waals surface area (Å²) in [5, 5.41) is 5.75. The first kappa shape index (κ1) is 17.8. The molecule has 0 radical (unpaired) electrons. The van der Waals surface area contributed by atoms with Gasteiger partial charge in [-0.3, -0.25) is 4.79 Å². The smallest absolute Gasteiger partial charge is 0.246 e. The molecule has 0 aliphatic carbocycles. The molecule has 2 N–H and O–H groups in total. The third-order valence-electron chi connectivity index (χ3n) is 4.12. The number of piperidine rings is 1. The molecule has 0 aromatic carbocycles. The highest BCUT2D eigenvalue weighted by Gasteiger charge is 2.48. The number of hydrogen-bond donors (Lipinski definition) is 2. The van der Waals surface area contributed by atoms with Gasteiger partial charge in [0.15, 0.2) is 14.6 Å². The Morgan fingerprint density at radius 2 is 1.74 bits per heavy atom. The molecule has 1 saturated heterocycles. The first-order chi connectivity index (χ1) is 10.6. The second-order valence-corrected chi connectivity index (χ2v) is 9.34. The maximum Gasteiger partial charge on any atom is 0.246 e. The monoisotopic (exact) mass is 340 g/mol. The van der Waals surface area contributed by atoms with Gasteiger partial charge in [0.1, 0.15) is 5.82 Å². The topological polar surface area (TPSA) is 101 Å². The molecule has 1 amide bonds. The molecule has 7 nitrogen and oxygen atoms in total. The van der Waals surface area contributed by atoms with Crippen LogP contribution in [-0.4, -0.2) is 48.4 Å². The Kier molecular flexibility index (Phi) is 4.77. The zero-order valence-electron chi connectivity index (χ0n) is 14.0. The predicted octanol–water partition coefficient (Wildman–Crippen LogP) is 0.879. The van der Waals surface area contributed by atoms with Crippen LogP contribution in [0.4, 0.5) is 5.69 Å². The van der Waals surface area contributed by atoms with Gasteiger partial charge < -0.3 is 10.6 Å². The molecule has 0 bridgehead atoms. The van der Waals surface area contributed by atoms with Gasteiger partial charge >= 0.3 is 0 Å². The van der Waals surface area contributed by atoms with Crippen LogP contribution in [0.2, 0.25) is 0 Å². The number of nitrogens with one attached hydrogen (secondary N) is 2. The standard InChI is InChI=1S/C15H24N4O3S/c1-14(2,3)12-17-9-11(10-18-12)19-13(20)15(23(4,21)22)5-7-16-8-6-15/h9-10,16H,5-8H2,1-4H3,(H,19,20). The van der Waals surface area contributed by atoms with E-state index >= 15 is 0 Å². The lowest BCUT2D eigenvalue weighted by atomic mass is 9.95. The summed E-state index contributed by atoms with van der Waals surface area (Å²) in [6.45, 7) is 6.98. The van der Waals surface area contributed by atoms with E-state index in [0.717, 1.165) is 6.26 Å². The minimum Gasteiger partial charge on any atom is -0.322 e. The van der Waals surface area contributed by atoms with Crippen LogP contribution in [0, 0.1) is 0 Å². The Morgan fingerprint density at radius 1 is 1.22 bits per heavy atom. The maximum atomic E-state index is 12.6. The third-order valence-corrected chi connectivity index (χ3v) is 6.13. The van der Waals surface area contributed by atoms with E-state index in [-0.39, 0.29) is 18.3 Å². The number of sulfone groups is 1. The molecule has 1 aromatic heterocycles. The van der Waals surface area contributed by atoms with Gasteiger partial charge in [-0.2, -0.15) is 0 Å². The van der Waals surface area contributed by atoms with Crippen LogP contribution in [0.3, 0.4) is 0 Å². The first-order valence-electron chi connectivity index (χ1n) is 7.61. The van der Waals surface area contributed by atoms with Crippen LogP contribution in [0.5, 0.6) is 0 Å². The van der Waals surface area contributed by atoms with Crippen molar-refractivity contribution in [3.8, 4) is 0 Å². The zero-order chi connectivity index (χ0) is 17.3. The molecule has 0 spiro atoms. The average molecular weight is 340 g/mol. The number of rotatable bonds is 3. The number of aromatic nitrogens is 2. The number of amides is 1.